The van der Waals surface area contributed by atoms with Crippen LogP contribution in [0.25, 0.3) is 0 Å². The van der Waals surface area contributed by atoms with Crippen LogP contribution in [-0.4, -0.2) is 20.1 Å². The Morgan fingerprint density at radius 3 is 2.89 bits per heavy atom. The molecule has 1 aliphatic heterocycles. The summed E-state index contributed by atoms with van der Waals surface area (Å²) in [6.45, 7) is 5.67. The molecule has 100 valence electrons. The monoisotopic (exact) mass is 310 g/mol. The number of benzene rings is 1. The third-order valence-corrected chi connectivity index (χ3v) is 4.39. The highest BCUT2D eigenvalue weighted by Crippen LogP contribution is 2.30. The number of halogens is 1. The molecule has 1 aromatic rings. The smallest absolute Gasteiger partial charge is 0.0510 e. The van der Waals surface area contributed by atoms with Gasteiger partial charge in [0.25, 0.3) is 0 Å². The van der Waals surface area contributed by atoms with Gasteiger partial charge in [-0.2, -0.15) is 0 Å². The molecule has 0 radical (unpaired) electrons. The molecule has 1 saturated heterocycles. The Kier molecular flexibility index (Phi) is 5.07. The van der Waals surface area contributed by atoms with Crippen LogP contribution >= 0.6 is 15.9 Å². The summed E-state index contributed by atoms with van der Waals surface area (Å²) in [6, 6.07) is 6.72. The average Bonchev–Trinajstić information content (AvgIpc) is 2.55. The second kappa shape index (κ2) is 6.58. The van der Waals surface area contributed by atoms with Crippen molar-refractivity contribution in [1.82, 2.24) is 5.32 Å². The van der Waals surface area contributed by atoms with Gasteiger partial charge in [0.05, 0.1) is 5.69 Å². The molecule has 3 heteroatoms. The fourth-order valence-electron chi connectivity index (χ4n) is 2.62. The molecule has 0 spiro atoms. The molecule has 0 aliphatic carbocycles. The summed E-state index contributed by atoms with van der Waals surface area (Å²) in [5.74, 6) is 0.873. The minimum Gasteiger partial charge on any atom is -0.371 e. The van der Waals surface area contributed by atoms with Crippen molar-refractivity contribution in [3.8, 4) is 0 Å². The van der Waals surface area contributed by atoms with E-state index in [2.05, 4.69) is 51.3 Å². The summed E-state index contributed by atoms with van der Waals surface area (Å²) in [5, 5.41) is 3.19. The molecule has 0 bridgehead atoms. The molecule has 1 unspecified atom stereocenters. The summed E-state index contributed by atoms with van der Waals surface area (Å²) in [7, 11) is 1.98. The van der Waals surface area contributed by atoms with E-state index in [9.17, 15) is 0 Å². The van der Waals surface area contributed by atoms with Gasteiger partial charge in [-0.15, -0.1) is 0 Å². The highest BCUT2D eigenvalue weighted by atomic mass is 79.9. The Morgan fingerprint density at radius 2 is 2.17 bits per heavy atom. The van der Waals surface area contributed by atoms with Gasteiger partial charge in [0.15, 0.2) is 0 Å². The molecule has 1 atom stereocenters. The van der Waals surface area contributed by atoms with E-state index in [-0.39, 0.29) is 0 Å². The van der Waals surface area contributed by atoms with Crippen LogP contribution in [-0.2, 0) is 6.54 Å². The van der Waals surface area contributed by atoms with E-state index >= 15 is 0 Å². The lowest BCUT2D eigenvalue weighted by atomic mass is 10.0. The first kappa shape index (κ1) is 13.9. The first-order valence-corrected chi connectivity index (χ1v) is 7.68. The largest absolute Gasteiger partial charge is 0.371 e. The van der Waals surface area contributed by atoms with Crippen molar-refractivity contribution >= 4 is 21.6 Å². The summed E-state index contributed by atoms with van der Waals surface area (Å²) in [4.78, 5) is 2.52. The normalized spacial score (nSPS) is 20.8. The molecule has 1 aromatic carbocycles. The molecule has 18 heavy (non-hydrogen) atoms. The summed E-state index contributed by atoms with van der Waals surface area (Å²) in [5.41, 5.74) is 2.68. The Balaban J connectivity index is 2.12. The number of anilines is 1. The molecule has 1 fully saturated rings. The highest BCUT2D eigenvalue weighted by Gasteiger charge is 2.16. The van der Waals surface area contributed by atoms with Crippen LogP contribution in [0.1, 0.15) is 31.7 Å². The standard InChI is InChI=1S/C15H23BrN2/c1-12-4-3-8-18(9-7-12)15-6-5-13(11-17-2)10-14(15)16/h5-6,10,12,17H,3-4,7-9,11H2,1-2H3. The van der Waals surface area contributed by atoms with Crippen LogP contribution in [0.4, 0.5) is 5.69 Å². The van der Waals surface area contributed by atoms with Crippen LogP contribution < -0.4 is 10.2 Å². The topological polar surface area (TPSA) is 15.3 Å². The van der Waals surface area contributed by atoms with Crippen LogP contribution in [0.5, 0.6) is 0 Å². The fraction of sp³-hybridized carbons (Fsp3) is 0.600. The number of nitrogens with one attached hydrogen (secondary N) is 1. The van der Waals surface area contributed by atoms with E-state index in [0.29, 0.717) is 0 Å². The lowest BCUT2D eigenvalue weighted by Gasteiger charge is -2.24. The van der Waals surface area contributed by atoms with Crippen molar-refractivity contribution in [3.63, 3.8) is 0 Å². The zero-order valence-electron chi connectivity index (χ0n) is 11.4. The van der Waals surface area contributed by atoms with E-state index in [4.69, 9.17) is 0 Å². The highest BCUT2D eigenvalue weighted by molar-refractivity contribution is 9.10. The van der Waals surface area contributed by atoms with Crippen LogP contribution in [0.15, 0.2) is 22.7 Å². The number of hydrogen-bond acceptors (Lipinski definition) is 2. The average molecular weight is 311 g/mol. The zero-order valence-corrected chi connectivity index (χ0v) is 13.0. The molecule has 2 rings (SSSR count). The summed E-state index contributed by atoms with van der Waals surface area (Å²) in [6.07, 6.45) is 3.99. The Labute approximate surface area is 119 Å². The summed E-state index contributed by atoms with van der Waals surface area (Å²) < 4.78 is 1.23. The lowest BCUT2D eigenvalue weighted by molar-refractivity contribution is 0.521. The maximum atomic E-state index is 3.72. The van der Waals surface area contributed by atoms with Crippen molar-refractivity contribution < 1.29 is 0 Å². The Morgan fingerprint density at radius 1 is 1.33 bits per heavy atom. The molecular formula is C15H23BrN2. The van der Waals surface area contributed by atoms with Crippen molar-refractivity contribution in [1.29, 1.82) is 0 Å². The first-order valence-electron chi connectivity index (χ1n) is 6.88. The fourth-order valence-corrected chi connectivity index (χ4v) is 3.30. The van der Waals surface area contributed by atoms with Gasteiger partial charge in [-0.1, -0.05) is 13.0 Å². The molecule has 0 amide bonds. The van der Waals surface area contributed by atoms with Gasteiger partial charge < -0.3 is 10.2 Å². The first-order chi connectivity index (χ1) is 8.70. The second-order valence-corrected chi connectivity index (χ2v) is 6.19. The molecular weight excluding hydrogens is 288 g/mol. The maximum absolute atomic E-state index is 3.72. The quantitative estimate of drug-likeness (QED) is 0.913. The minimum absolute atomic E-state index is 0.873. The van der Waals surface area contributed by atoms with Crippen LogP contribution in [0, 0.1) is 5.92 Å². The van der Waals surface area contributed by atoms with Crippen molar-refractivity contribution in [3.05, 3.63) is 28.2 Å². The van der Waals surface area contributed by atoms with E-state index < -0.39 is 0 Å². The zero-order chi connectivity index (χ0) is 13.0. The number of rotatable bonds is 3. The van der Waals surface area contributed by atoms with E-state index in [1.807, 2.05) is 7.05 Å². The van der Waals surface area contributed by atoms with Crippen molar-refractivity contribution in [2.45, 2.75) is 32.7 Å². The predicted molar refractivity (Wildman–Crippen MR) is 82.1 cm³/mol. The summed E-state index contributed by atoms with van der Waals surface area (Å²) >= 11 is 3.72. The molecule has 0 saturated carbocycles. The minimum atomic E-state index is 0.873. The van der Waals surface area contributed by atoms with E-state index in [1.165, 1.54) is 48.1 Å². The van der Waals surface area contributed by atoms with Crippen LogP contribution in [0.3, 0.4) is 0 Å². The Bertz CT molecular complexity index is 392. The van der Waals surface area contributed by atoms with E-state index in [1.54, 1.807) is 0 Å². The molecule has 0 aromatic heterocycles. The van der Waals surface area contributed by atoms with Gasteiger partial charge >= 0.3 is 0 Å². The van der Waals surface area contributed by atoms with Gasteiger partial charge in [-0.3, -0.25) is 0 Å². The van der Waals surface area contributed by atoms with Gasteiger partial charge in [0.1, 0.15) is 0 Å². The third kappa shape index (κ3) is 3.48. The SMILES string of the molecule is CNCc1ccc(N2CCCC(C)CC2)c(Br)c1. The van der Waals surface area contributed by atoms with Gasteiger partial charge in [-0.05, 0) is 65.9 Å². The van der Waals surface area contributed by atoms with Crippen molar-refractivity contribution in [2.75, 3.05) is 25.0 Å². The molecule has 2 nitrogen and oxygen atoms in total. The molecule has 1 N–H and O–H groups in total. The number of hydrogen-bond donors (Lipinski definition) is 1. The van der Waals surface area contributed by atoms with Gasteiger partial charge in [0, 0.05) is 24.1 Å². The third-order valence-electron chi connectivity index (χ3n) is 3.75. The molecule has 1 aliphatic rings. The predicted octanol–water partition coefficient (Wildman–Crippen LogP) is 3.79. The maximum Gasteiger partial charge on any atom is 0.0510 e. The second-order valence-electron chi connectivity index (χ2n) is 5.34. The lowest BCUT2D eigenvalue weighted by Crippen LogP contribution is -2.24. The van der Waals surface area contributed by atoms with E-state index in [0.717, 1.165) is 12.5 Å². The van der Waals surface area contributed by atoms with Gasteiger partial charge in [0.2, 0.25) is 0 Å². The Hall–Kier alpha value is -0.540. The van der Waals surface area contributed by atoms with Gasteiger partial charge in [-0.25, -0.2) is 0 Å². The molecule has 1 heterocycles. The number of nitrogens with zero attached hydrogens (tertiary/aromatic N) is 1. The van der Waals surface area contributed by atoms with Crippen LogP contribution in [0.2, 0.25) is 0 Å². The van der Waals surface area contributed by atoms with Crippen molar-refractivity contribution in [2.24, 2.45) is 5.92 Å².